The lowest BCUT2D eigenvalue weighted by Gasteiger charge is -2.26. The van der Waals surface area contributed by atoms with Gasteiger partial charge in [-0.3, -0.25) is 9.89 Å². The molecule has 1 aliphatic rings. The molecule has 2 aromatic carbocycles. The number of halogens is 1. The summed E-state index contributed by atoms with van der Waals surface area (Å²) in [5, 5.41) is 7.49. The fraction of sp³-hybridized carbons (Fsp3) is 0.304. The third kappa shape index (κ3) is 3.93. The molecule has 7 nitrogen and oxygen atoms in total. The molecule has 0 radical (unpaired) electrons. The Balaban J connectivity index is 1.83. The molecule has 0 spiro atoms. The molecule has 8 heteroatoms. The van der Waals surface area contributed by atoms with Crippen LogP contribution in [0.2, 0.25) is 0 Å². The number of amides is 1. The maximum Gasteiger partial charge on any atom is 0.273 e. The number of methoxy groups -OCH3 is 3. The van der Waals surface area contributed by atoms with E-state index < -0.39 is 0 Å². The Labute approximate surface area is 189 Å². The van der Waals surface area contributed by atoms with Crippen molar-refractivity contribution in [3.05, 3.63) is 63.8 Å². The molecule has 4 rings (SSSR count). The van der Waals surface area contributed by atoms with Crippen LogP contribution in [0, 0.1) is 0 Å². The minimum atomic E-state index is -0.251. The van der Waals surface area contributed by atoms with Crippen molar-refractivity contribution in [2.24, 2.45) is 0 Å². The highest BCUT2D eigenvalue weighted by molar-refractivity contribution is 9.10. The summed E-state index contributed by atoms with van der Waals surface area (Å²) in [5.74, 6) is 1.19. The number of ether oxygens (including phenoxy) is 3. The van der Waals surface area contributed by atoms with Crippen molar-refractivity contribution >= 4 is 21.8 Å². The summed E-state index contributed by atoms with van der Waals surface area (Å²) in [4.78, 5) is 15.2. The number of aromatic nitrogens is 2. The van der Waals surface area contributed by atoms with Crippen LogP contribution in [0.4, 0.5) is 0 Å². The van der Waals surface area contributed by atoms with Crippen LogP contribution in [-0.4, -0.2) is 55.5 Å². The molecule has 1 aliphatic heterocycles. The third-order valence-electron chi connectivity index (χ3n) is 5.43. The largest absolute Gasteiger partial charge is 0.493 e. The Bertz CT molecular complexity index is 1100. The molecular formula is C23H24BrN3O4. The summed E-state index contributed by atoms with van der Waals surface area (Å²) < 4.78 is 17.0. The smallest absolute Gasteiger partial charge is 0.273 e. The van der Waals surface area contributed by atoms with Crippen LogP contribution in [0.3, 0.4) is 0 Å². The first-order valence-electron chi connectivity index (χ1n) is 9.95. The number of carbonyl (C=O) groups is 1. The van der Waals surface area contributed by atoms with Crippen molar-refractivity contribution in [3.63, 3.8) is 0 Å². The zero-order valence-corrected chi connectivity index (χ0v) is 19.2. The predicted molar refractivity (Wildman–Crippen MR) is 121 cm³/mol. The van der Waals surface area contributed by atoms with Crippen molar-refractivity contribution in [3.8, 4) is 22.8 Å². The van der Waals surface area contributed by atoms with E-state index in [1.165, 1.54) is 0 Å². The van der Waals surface area contributed by atoms with Gasteiger partial charge in [-0.05, 0) is 42.3 Å². The second-order valence-corrected chi connectivity index (χ2v) is 8.15. The molecule has 0 bridgehead atoms. The Morgan fingerprint density at radius 2 is 1.90 bits per heavy atom. The molecule has 1 atom stereocenters. The topological polar surface area (TPSA) is 76.7 Å². The van der Waals surface area contributed by atoms with Gasteiger partial charge in [-0.15, -0.1) is 0 Å². The quantitative estimate of drug-likeness (QED) is 0.477. The van der Waals surface area contributed by atoms with Crippen LogP contribution in [0.15, 0.2) is 46.9 Å². The predicted octanol–water partition coefficient (Wildman–Crippen LogP) is 4.44. The van der Waals surface area contributed by atoms with E-state index >= 15 is 0 Å². The highest BCUT2D eigenvalue weighted by atomic mass is 79.9. The van der Waals surface area contributed by atoms with E-state index in [2.05, 4.69) is 26.1 Å². The van der Waals surface area contributed by atoms with E-state index in [4.69, 9.17) is 14.2 Å². The molecule has 0 fully saturated rings. The maximum absolute atomic E-state index is 13.3. The monoisotopic (exact) mass is 485 g/mol. The molecule has 0 aliphatic carbocycles. The second-order valence-electron chi connectivity index (χ2n) is 7.23. The van der Waals surface area contributed by atoms with Crippen molar-refractivity contribution in [1.29, 1.82) is 0 Å². The Kier molecular flexibility index (Phi) is 6.29. The second kappa shape index (κ2) is 9.11. The first-order chi connectivity index (χ1) is 15.1. The summed E-state index contributed by atoms with van der Waals surface area (Å²) in [6.45, 7) is 1.17. The van der Waals surface area contributed by atoms with E-state index in [0.717, 1.165) is 33.3 Å². The van der Waals surface area contributed by atoms with E-state index in [9.17, 15) is 4.79 Å². The van der Waals surface area contributed by atoms with Crippen LogP contribution < -0.4 is 9.47 Å². The van der Waals surface area contributed by atoms with Gasteiger partial charge in [0.05, 0.1) is 26.0 Å². The van der Waals surface area contributed by atoms with Gasteiger partial charge in [-0.1, -0.05) is 28.1 Å². The highest BCUT2D eigenvalue weighted by Gasteiger charge is 2.42. The lowest BCUT2D eigenvalue weighted by atomic mass is 9.96. The van der Waals surface area contributed by atoms with Crippen molar-refractivity contribution in [2.45, 2.75) is 12.5 Å². The van der Waals surface area contributed by atoms with Gasteiger partial charge in [0.2, 0.25) is 0 Å². The van der Waals surface area contributed by atoms with Crippen molar-refractivity contribution < 1.29 is 19.0 Å². The van der Waals surface area contributed by atoms with E-state index in [-0.39, 0.29) is 11.9 Å². The fourth-order valence-corrected chi connectivity index (χ4v) is 4.45. The fourth-order valence-electron chi connectivity index (χ4n) is 4.03. The van der Waals surface area contributed by atoms with Gasteiger partial charge in [0, 0.05) is 35.9 Å². The maximum atomic E-state index is 13.3. The van der Waals surface area contributed by atoms with Crippen LogP contribution in [-0.2, 0) is 4.74 Å². The average molecular weight is 486 g/mol. The van der Waals surface area contributed by atoms with Gasteiger partial charge in [-0.2, -0.15) is 5.10 Å². The minimum absolute atomic E-state index is 0.0599. The standard InChI is InChI=1S/C23H24BrN3O4/c1-29-11-5-10-27-22(15-6-4-7-16(24)12-15)19-20(25-26-21(19)23(27)28)14-8-9-17(30-2)18(13-14)31-3/h4,6-9,12-13,22H,5,10-11H2,1-3H3,(H,25,26). The van der Waals surface area contributed by atoms with Gasteiger partial charge in [-0.25, -0.2) is 0 Å². The van der Waals surface area contributed by atoms with Gasteiger partial charge in [0.1, 0.15) is 5.69 Å². The van der Waals surface area contributed by atoms with Crippen molar-refractivity contribution in [1.82, 2.24) is 15.1 Å². The Morgan fingerprint density at radius 3 is 2.61 bits per heavy atom. The number of hydrogen-bond acceptors (Lipinski definition) is 5. The first kappa shape index (κ1) is 21.4. The number of hydrogen-bond donors (Lipinski definition) is 1. The summed E-state index contributed by atoms with van der Waals surface area (Å²) in [6.07, 6.45) is 0.746. The van der Waals surface area contributed by atoms with Gasteiger partial charge < -0.3 is 19.1 Å². The molecule has 3 aromatic rings. The van der Waals surface area contributed by atoms with Crippen LogP contribution in [0.5, 0.6) is 11.5 Å². The number of carbonyl (C=O) groups excluding carboxylic acids is 1. The molecular weight excluding hydrogens is 462 g/mol. The number of aromatic amines is 1. The zero-order chi connectivity index (χ0) is 22.0. The van der Waals surface area contributed by atoms with Crippen LogP contribution in [0.1, 0.15) is 34.1 Å². The van der Waals surface area contributed by atoms with Crippen LogP contribution >= 0.6 is 15.9 Å². The first-order valence-corrected chi connectivity index (χ1v) is 10.7. The Morgan fingerprint density at radius 1 is 1.10 bits per heavy atom. The van der Waals surface area contributed by atoms with E-state index in [0.29, 0.717) is 30.3 Å². The van der Waals surface area contributed by atoms with Gasteiger partial charge >= 0.3 is 0 Å². The molecule has 31 heavy (non-hydrogen) atoms. The van der Waals surface area contributed by atoms with Crippen molar-refractivity contribution in [2.75, 3.05) is 34.5 Å². The van der Waals surface area contributed by atoms with E-state index in [1.807, 2.05) is 47.4 Å². The summed E-state index contributed by atoms with van der Waals surface area (Å²) >= 11 is 3.56. The normalized spacial score (nSPS) is 15.3. The van der Waals surface area contributed by atoms with Gasteiger partial charge in [0.25, 0.3) is 5.91 Å². The van der Waals surface area contributed by atoms with E-state index in [1.54, 1.807) is 21.3 Å². The SMILES string of the molecule is COCCCN1C(=O)c2[nH]nc(-c3ccc(OC)c(OC)c3)c2C1c1cccc(Br)c1. The molecule has 162 valence electrons. The van der Waals surface area contributed by atoms with Gasteiger partial charge in [0.15, 0.2) is 11.5 Å². The minimum Gasteiger partial charge on any atom is -0.493 e. The number of rotatable bonds is 8. The number of H-pyrrole nitrogens is 1. The number of benzene rings is 2. The molecule has 1 unspecified atom stereocenters. The molecule has 0 saturated carbocycles. The Hall–Kier alpha value is -2.84. The van der Waals surface area contributed by atoms with Crippen LogP contribution in [0.25, 0.3) is 11.3 Å². The number of nitrogens with zero attached hydrogens (tertiary/aromatic N) is 2. The third-order valence-corrected chi connectivity index (χ3v) is 5.93. The summed E-state index contributed by atoms with van der Waals surface area (Å²) in [5.41, 5.74) is 3.98. The lowest BCUT2D eigenvalue weighted by molar-refractivity contribution is 0.0723. The molecule has 1 aromatic heterocycles. The molecule has 0 saturated heterocycles. The molecule has 1 N–H and O–H groups in total. The summed E-state index contributed by atoms with van der Waals surface area (Å²) in [6, 6.07) is 13.4. The number of nitrogens with one attached hydrogen (secondary N) is 1. The number of fused-ring (bicyclic) bond motifs is 1. The molecule has 2 heterocycles. The highest BCUT2D eigenvalue weighted by Crippen LogP contribution is 2.44. The molecule has 1 amide bonds. The average Bonchev–Trinajstić information content (AvgIpc) is 3.32. The zero-order valence-electron chi connectivity index (χ0n) is 17.6. The lowest BCUT2D eigenvalue weighted by Crippen LogP contribution is -2.31. The summed E-state index contributed by atoms with van der Waals surface area (Å²) in [7, 11) is 4.87.